The van der Waals surface area contributed by atoms with E-state index in [1.807, 2.05) is 6.92 Å². The van der Waals surface area contributed by atoms with E-state index in [9.17, 15) is 24.3 Å². The lowest BCUT2D eigenvalue weighted by Crippen LogP contribution is -2.40. The molecule has 1 aliphatic rings. The van der Waals surface area contributed by atoms with Gasteiger partial charge >= 0.3 is 11.9 Å². The number of hydrogen-bond donors (Lipinski definition) is 6. The summed E-state index contributed by atoms with van der Waals surface area (Å²) in [7, 11) is 0. The predicted molar refractivity (Wildman–Crippen MR) is 121 cm³/mol. The normalized spacial score (nSPS) is 16.0. The van der Waals surface area contributed by atoms with Crippen LogP contribution in [0, 0.1) is 6.92 Å². The number of anilines is 2. The standard InChI is InChI=1S/C19H23N5O6S2/c1-8-6-12(16(27)22-10(18(29)30)3-5-13(25)26)32-11(8)4-2-9-7-21-15-14(31-9)17(28)24-19(20)23-15/h6,9-10H,2-5,7H2,1H3,(H,22,27)(H,25,26)(H,29,30)(H4,20,21,23,24,28)/t9-,10-/m0/s1. The van der Waals surface area contributed by atoms with E-state index >= 15 is 0 Å². The van der Waals surface area contributed by atoms with Gasteiger partial charge in [-0.05, 0) is 37.8 Å². The molecule has 32 heavy (non-hydrogen) atoms. The lowest BCUT2D eigenvalue weighted by Gasteiger charge is -2.24. The molecule has 1 aliphatic heterocycles. The number of H-pyrrole nitrogens is 1. The molecule has 0 fully saturated rings. The van der Waals surface area contributed by atoms with Gasteiger partial charge in [0.2, 0.25) is 5.95 Å². The Morgan fingerprint density at radius 3 is 2.81 bits per heavy atom. The molecule has 0 spiro atoms. The topological polar surface area (TPSA) is 188 Å². The number of carboxylic acid groups (broad SMARTS) is 2. The fourth-order valence-electron chi connectivity index (χ4n) is 3.22. The molecule has 0 radical (unpaired) electrons. The molecule has 0 saturated heterocycles. The van der Waals surface area contributed by atoms with Crippen LogP contribution >= 0.6 is 23.1 Å². The van der Waals surface area contributed by atoms with Crippen LogP contribution in [0.3, 0.4) is 0 Å². The molecular formula is C19H23N5O6S2. The van der Waals surface area contributed by atoms with Crippen molar-refractivity contribution >= 4 is 52.7 Å². The minimum absolute atomic E-state index is 0.0633. The summed E-state index contributed by atoms with van der Waals surface area (Å²) < 4.78 is 0. The summed E-state index contributed by atoms with van der Waals surface area (Å²) in [5.41, 5.74) is 6.20. The number of aryl methyl sites for hydroxylation is 2. The lowest BCUT2D eigenvalue weighted by atomic mass is 10.1. The number of amides is 1. The highest BCUT2D eigenvalue weighted by Gasteiger charge is 2.25. The largest absolute Gasteiger partial charge is 0.481 e. The number of aromatic amines is 1. The molecule has 13 heteroatoms. The Morgan fingerprint density at radius 1 is 1.38 bits per heavy atom. The van der Waals surface area contributed by atoms with Crippen molar-refractivity contribution in [3.8, 4) is 0 Å². The molecule has 0 unspecified atom stereocenters. The summed E-state index contributed by atoms with van der Waals surface area (Å²) in [5.74, 6) is -2.40. The summed E-state index contributed by atoms with van der Waals surface area (Å²) in [5, 5.41) is 23.6. The first-order chi connectivity index (χ1) is 15.1. The SMILES string of the molecule is Cc1cc(C(=O)N[C@@H](CCC(=O)O)C(=O)O)sc1CC[C@H]1CNc2nc(N)[nH]c(=O)c2S1. The number of carbonyl (C=O) groups excluding carboxylic acids is 1. The summed E-state index contributed by atoms with van der Waals surface area (Å²) in [6, 6.07) is 0.430. The van der Waals surface area contributed by atoms with E-state index in [4.69, 9.17) is 10.8 Å². The van der Waals surface area contributed by atoms with Gasteiger partial charge in [-0.25, -0.2) is 4.79 Å². The summed E-state index contributed by atoms with van der Waals surface area (Å²) in [6.07, 6.45) is 0.883. The fraction of sp³-hybridized carbons (Fsp3) is 0.421. The van der Waals surface area contributed by atoms with E-state index in [2.05, 4.69) is 20.6 Å². The van der Waals surface area contributed by atoms with Crippen LogP contribution in [0.2, 0.25) is 0 Å². The van der Waals surface area contributed by atoms with Crippen LogP contribution in [0.25, 0.3) is 0 Å². The highest BCUT2D eigenvalue weighted by molar-refractivity contribution is 8.00. The number of nitrogens with two attached hydrogens (primary N) is 1. The third-order valence-electron chi connectivity index (χ3n) is 4.86. The average Bonchev–Trinajstić information content (AvgIpc) is 3.10. The number of thioether (sulfide) groups is 1. The van der Waals surface area contributed by atoms with E-state index in [1.54, 1.807) is 6.07 Å². The third kappa shape index (κ3) is 5.79. The second-order valence-corrected chi connectivity index (χ2v) is 9.75. The number of carbonyl (C=O) groups is 3. The second kappa shape index (κ2) is 10.0. The van der Waals surface area contributed by atoms with Crippen molar-refractivity contribution in [3.63, 3.8) is 0 Å². The number of hydrogen-bond acceptors (Lipinski definition) is 9. The maximum absolute atomic E-state index is 12.5. The number of rotatable bonds is 9. The monoisotopic (exact) mass is 481 g/mol. The summed E-state index contributed by atoms with van der Waals surface area (Å²) in [4.78, 5) is 55.1. The van der Waals surface area contributed by atoms with E-state index in [-0.39, 0.29) is 29.6 Å². The molecule has 2 aromatic rings. The lowest BCUT2D eigenvalue weighted by molar-refractivity contribution is -0.140. The molecule has 3 heterocycles. The average molecular weight is 482 g/mol. The third-order valence-corrected chi connectivity index (χ3v) is 7.51. The van der Waals surface area contributed by atoms with Crippen molar-refractivity contribution in [2.45, 2.75) is 48.8 Å². The van der Waals surface area contributed by atoms with E-state index < -0.39 is 23.9 Å². The Hall–Kier alpha value is -3.06. The Morgan fingerprint density at radius 2 is 2.12 bits per heavy atom. The van der Waals surface area contributed by atoms with Crippen molar-refractivity contribution in [2.24, 2.45) is 0 Å². The molecule has 7 N–H and O–H groups in total. The van der Waals surface area contributed by atoms with Crippen molar-refractivity contribution in [2.75, 3.05) is 17.6 Å². The molecule has 11 nitrogen and oxygen atoms in total. The zero-order chi connectivity index (χ0) is 23.4. The van der Waals surface area contributed by atoms with Crippen molar-refractivity contribution in [1.29, 1.82) is 0 Å². The number of fused-ring (bicyclic) bond motifs is 1. The van der Waals surface area contributed by atoms with Gasteiger partial charge in [0, 0.05) is 23.1 Å². The van der Waals surface area contributed by atoms with Crippen LogP contribution in [0.4, 0.5) is 11.8 Å². The number of nitrogens with zero attached hydrogens (tertiary/aromatic N) is 1. The molecule has 0 aromatic carbocycles. The second-order valence-electron chi connectivity index (χ2n) is 7.30. The maximum Gasteiger partial charge on any atom is 0.326 e. The van der Waals surface area contributed by atoms with E-state index in [1.165, 1.54) is 23.1 Å². The molecule has 0 saturated carbocycles. The molecule has 2 atom stereocenters. The molecular weight excluding hydrogens is 458 g/mol. The molecule has 3 rings (SSSR count). The van der Waals surface area contributed by atoms with Crippen LogP contribution in [0.5, 0.6) is 0 Å². The van der Waals surface area contributed by atoms with Gasteiger partial charge in [0.1, 0.15) is 16.8 Å². The number of nitrogen functional groups attached to an aromatic ring is 1. The first-order valence-corrected chi connectivity index (χ1v) is 11.5. The molecule has 172 valence electrons. The molecule has 2 aromatic heterocycles. The number of carboxylic acids is 2. The van der Waals surface area contributed by atoms with Crippen LogP contribution in [0.15, 0.2) is 15.8 Å². The minimum atomic E-state index is -1.28. The van der Waals surface area contributed by atoms with Gasteiger partial charge < -0.3 is 26.6 Å². The Balaban J connectivity index is 1.60. The van der Waals surface area contributed by atoms with Gasteiger partial charge in [-0.3, -0.25) is 19.4 Å². The maximum atomic E-state index is 12.5. The zero-order valence-corrected chi connectivity index (χ0v) is 18.8. The minimum Gasteiger partial charge on any atom is -0.481 e. The van der Waals surface area contributed by atoms with E-state index in [0.717, 1.165) is 16.9 Å². The Kier molecular flexibility index (Phi) is 7.40. The molecule has 1 amide bonds. The first-order valence-electron chi connectivity index (χ1n) is 9.79. The molecule has 0 aliphatic carbocycles. The van der Waals surface area contributed by atoms with Gasteiger partial charge in [-0.15, -0.1) is 23.1 Å². The smallest absolute Gasteiger partial charge is 0.326 e. The van der Waals surface area contributed by atoms with Crippen LogP contribution in [0.1, 0.15) is 39.4 Å². The highest BCUT2D eigenvalue weighted by Crippen LogP contribution is 2.34. The van der Waals surface area contributed by atoms with Gasteiger partial charge in [0.25, 0.3) is 11.5 Å². The van der Waals surface area contributed by atoms with Crippen LogP contribution in [-0.4, -0.2) is 55.9 Å². The Labute approximate surface area is 190 Å². The zero-order valence-electron chi connectivity index (χ0n) is 17.1. The first kappa shape index (κ1) is 23.6. The van der Waals surface area contributed by atoms with Crippen molar-refractivity contribution in [3.05, 3.63) is 31.7 Å². The highest BCUT2D eigenvalue weighted by atomic mass is 32.2. The van der Waals surface area contributed by atoms with Crippen LogP contribution in [-0.2, 0) is 16.0 Å². The summed E-state index contributed by atoms with van der Waals surface area (Å²) >= 11 is 2.71. The van der Waals surface area contributed by atoms with Crippen molar-refractivity contribution < 1.29 is 24.6 Å². The van der Waals surface area contributed by atoms with Crippen molar-refractivity contribution in [1.82, 2.24) is 15.3 Å². The number of thiophene rings is 1. The van der Waals surface area contributed by atoms with Gasteiger partial charge in [0.15, 0.2) is 0 Å². The van der Waals surface area contributed by atoms with Crippen LogP contribution < -0.4 is 21.9 Å². The number of nitrogens with one attached hydrogen (secondary N) is 3. The van der Waals surface area contributed by atoms with Gasteiger partial charge in [0.05, 0.1) is 4.88 Å². The van der Waals surface area contributed by atoms with Gasteiger partial charge in [-0.2, -0.15) is 4.98 Å². The fourth-order valence-corrected chi connectivity index (χ4v) is 5.43. The number of aromatic nitrogens is 2. The van der Waals surface area contributed by atoms with E-state index in [0.29, 0.717) is 28.6 Å². The Bertz CT molecular complexity index is 1100. The summed E-state index contributed by atoms with van der Waals surface area (Å²) in [6.45, 7) is 2.50. The quantitative estimate of drug-likeness (QED) is 0.304. The predicted octanol–water partition coefficient (Wildman–Crippen LogP) is 1.29. The number of aliphatic carboxylic acids is 2. The van der Waals surface area contributed by atoms with Gasteiger partial charge in [-0.1, -0.05) is 0 Å². The molecule has 0 bridgehead atoms.